The van der Waals surface area contributed by atoms with Gasteiger partial charge in [-0.05, 0) is 12.1 Å². The third kappa shape index (κ3) is 2.12. The Kier molecular flexibility index (Phi) is 3.65. The Balaban J connectivity index is 3.41. The molecule has 0 bridgehead atoms. The molecule has 0 amide bonds. The van der Waals surface area contributed by atoms with Crippen LogP contribution in [0.1, 0.15) is 12.5 Å². The summed E-state index contributed by atoms with van der Waals surface area (Å²) in [7, 11) is 0. The summed E-state index contributed by atoms with van der Waals surface area (Å²) in [6.07, 6.45) is 0. The minimum absolute atomic E-state index is 0.0717. The van der Waals surface area contributed by atoms with E-state index in [0.29, 0.717) is 0 Å². The maximum Gasteiger partial charge on any atom is 0.148 e. The van der Waals surface area contributed by atoms with Crippen LogP contribution in [-0.4, -0.2) is 18.3 Å². The lowest BCUT2D eigenvalue weighted by atomic mass is 9.82. The van der Waals surface area contributed by atoms with Gasteiger partial charge in [-0.25, -0.2) is 8.78 Å². The molecular formula is C10H12ClF2NO. The molecule has 0 aliphatic heterocycles. The lowest BCUT2D eigenvalue weighted by Crippen LogP contribution is -2.37. The molecule has 1 aromatic carbocycles. The van der Waals surface area contributed by atoms with Crippen LogP contribution in [0, 0.1) is 11.6 Å². The highest BCUT2D eigenvalue weighted by molar-refractivity contribution is 6.30. The third-order valence-electron chi connectivity index (χ3n) is 2.45. The van der Waals surface area contributed by atoms with Crippen LogP contribution >= 0.6 is 11.6 Å². The lowest BCUT2D eigenvalue weighted by Gasteiger charge is -2.27. The molecule has 0 radical (unpaired) electrons. The van der Waals surface area contributed by atoms with Crippen molar-refractivity contribution >= 4 is 11.6 Å². The Morgan fingerprint density at radius 3 is 2.53 bits per heavy atom. The molecule has 15 heavy (non-hydrogen) atoms. The number of hydrogen-bond donors (Lipinski definition) is 2. The fourth-order valence-electron chi connectivity index (χ4n) is 1.33. The van der Waals surface area contributed by atoms with Crippen LogP contribution in [0.2, 0.25) is 5.02 Å². The average Bonchev–Trinajstić information content (AvgIpc) is 2.23. The molecule has 0 aliphatic carbocycles. The lowest BCUT2D eigenvalue weighted by molar-refractivity contribution is 0.202. The highest BCUT2D eigenvalue weighted by atomic mass is 35.5. The number of benzene rings is 1. The number of aliphatic hydroxyl groups is 1. The van der Waals surface area contributed by atoms with E-state index in [0.717, 1.165) is 12.1 Å². The summed E-state index contributed by atoms with van der Waals surface area (Å²) in [6, 6.07) is 2.19. The van der Waals surface area contributed by atoms with Crippen molar-refractivity contribution in [3.63, 3.8) is 0 Å². The molecule has 2 nitrogen and oxygen atoms in total. The SMILES string of the molecule is CC(CN)(CO)c1c(F)ccc(Cl)c1F. The first-order valence-corrected chi connectivity index (χ1v) is 4.79. The summed E-state index contributed by atoms with van der Waals surface area (Å²) in [4.78, 5) is 0. The molecule has 0 saturated heterocycles. The quantitative estimate of drug-likeness (QED) is 0.786. The molecule has 3 N–H and O–H groups in total. The molecule has 5 heteroatoms. The molecule has 0 heterocycles. The largest absolute Gasteiger partial charge is 0.395 e. The molecule has 1 aromatic rings. The van der Waals surface area contributed by atoms with Gasteiger partial charge in [0.25, 0.3) is 0 Å². The van der Waals surface area contributed by atoms with E-state index in [9.17, 15) is 8.78 Å². The molecule has 0 aliphatic rings. The Labute approximate surface area is 91.7 Å². The van der Waals surface area contributed by atoms with E-state index in [1.165, 1.54) is 6.92 Å². The van der Waals surface area contributed by atoms with Gasteiger partial charge in [0.2, 0.25) is 0 Å². The van der Waals surface area contributed by atoms with Crippen molar-refractivity contribution in [1.29, 1.82) is 0 Å². The van der Waals surface area contributed by atoms with Gasteiger partial charge < -0.3 is 10.8 Å². The minimum Gasteiger partial charge on any atom is -0.395 e. The van der Waals surface area contributed by atoms with Crippen LogP contribution in [0.15, 0.2) is 12.1 Å². The van der Waals surface area contributed by atoms with E-state index >= 15 is 0 Å². The van der Waals surface area contributed by atoms with Gasteiger partial charge in [-0.2, -0.15) is 0 Å². The van der Waals surface area contributed by atoms with E-state index < -0.39 is 23.7 Å². The average molecular weight is 236 g/mol. The van der Waals surface area contributed by atoms with Crippen molar-refractivity contribution in [2.75, 3.05) is 13.2 Å². The van der Waals surface area contributed by atoms with Gasteiger partial charge in [-0.15, -0.1) is 0 Å². The van der Waals surface area contributed by atoms with E-state index in [1.54, 1.807) is 0 Å². The molecule has 0 spiro atoms. The van der Waals surface area contributed by atoms with E-state index in [-0.39, 0.29) is 17.1 Å². The zero-order chi connectivity index (χ0) is 11.6. The van der Waals surface area contributed by atoms with Crippen LogP contribution < -0.4 is 5.73 Å². The maximum atomic E-state index is 13.6. The van der Waals surface area contributed by atoms with E-state index in [4.69, 9.17) is 22.4 Å². The van der Waals surface area contributed by atoms with Crippen LogP contribution in [-0.2, 0) is 5.41 Å². The second-order valence-corrected chi connectivity index (χ2v) is 4.05. The molecule has 84 valence electrons. The third-order valence-corrected chi connectivity index (χ3v) is 2.74. The first-order valence-electron chi connectivity index (χ1n) is 4.41. The topological polar surface area (TPSA) is 46.2 Å². The zero-order valence-electron chi connectivity index (χ0n) is 8.23. The minimum atomic E-state index is -1.15. The van der Waals surface area contributed by atoms with Gasteiger partial charge in [-0.1, -0.05) is 18.5 Å². The molecule has 0 saturated carbocycles. The van der Waals surface area contributed by atoms with Gasteiger partial charge in [0.15, 0.2) is 0 Å². The van der Waals surface area contributed by atoms with Crippen LogP contribution in [0.5, 0.6) is 0 Å². The zero-order valence-corrected chi connectivity index (χ0v) is 8.98. The van der Waals surface area contributed by atoms with Gasteiger partial charge in [0, 0.05) is 17.5 Å². The normalized spacial score (nSPS) is 15.1. The molecule has 1 rings (SSSR count). The van der Waals surface area contributed by atoms with Gasteiger partial charge >= 0.3 is 0 Å². The second kappa shape index (κ2) is 4.43. The summed E-state index contributed by atoms with van der Waals surface area (Å²) in [5.74, 6) is -1.61. The number of rotatable bonds is 3. The van der Waals surface area contributed by atoms with Crippen molar-refractivity contribution in [3.05, 3.63) is 34.4 Å². The second-order valence-electron chi connectivity index (χ2n) is 3.64. The molecule has 0 fully saturated rings. The highest BCUT2D eigenvalue weighted by Gasteiger charge is 2.31. The van der Waals surface area contributed by atoms with Gasteiger partial charge in [0.05, 0.1) is 11.6 Å². The summed E-state index contributed by atoms with van der Waals surface area (Å²) in [6.45, 7) is 0.959. The smallest absolute Gasteiger partial charge is 0.148 e. The maximum absolute atomic E-state index is 13.6. The highest BCUT2D eigenvalue weighted by Crippen LogP contribution is 2.31. The number of hydrogen-bond acceptors (Lipinski definition) is 2. The van der Waals surface area contributed by atoms with Crippen LogP contribution in [0.25, 0.3) is 0 Å². The molecular weight excluding hydrogens is 224 g/mol. The summed E-state index contributed by atoms with van der Waals surface area (Å²) < 4.78 is 27.0. The fourth-order valence-corrected chi connectivity index (χ4v) is 1.48. The standard InChI is InChI=1S/C10H12ClF2NO/c1-10(4-14,5-15)8-7(12)3-2-6(11)9(8)13/h2-3,15H,4-5,14H2,1H3. The first kappa shape index (κ1) is 12.4. The van der Waals surface area contributed by atoms with Crippen molar-refractivity contribution in [2.24, 2.45) is 5.73 Å². The Morgan fingerprint density at radius 1 is 1.47 bits per heavy atom. The predicted molar refractivity (Wildman–Crippen MR) is 54.9 cm³/mol. The number of nitrogens with two attached hydrogens (primary N) is 1. The monoisotopic (exact) mass is 235 g/mol. The Hall–Kier alpha value is -0.710. The summed E-state index contributed by atoms with van der Waals surface area (Å²) in [5.41, 5.74) is 3.98. The Bertz CT molecular complexity index is 367. The van der Waals surface area contributed by atoms with Crippen molar-refractivity contribution in [1.82, 2.24) is 0 Å². The first-order chi connectivity index (χ1) is 6.96. The van der Waals surface area contributed by atoms with Gasteiger partial charge in [0.1, 0.15) is 11.6 Å². The van der Waals surface area contributed by atoms with Crippen LogP contribution in [0.4, 0.5) is 8.78 Å². The van der Waals surface area contributed by atoms with Crippen molar-refractivity contribution in [2.45, 2.75) is 12.3 Å². The summed E-state index contributed by atoms with van der Waals surface area (Å²) in [5, 5.41) is 8.94. The summed E-state index contributed by atoms with van der Waals surface area (Å²) >= 11 is 5.54. The van der Waals surface area contributed by atoms with E-state index in [2.05, 4.69) is 0 Å². The Morgan fingerprint density at radius 2 is 2.07 bits per heavy atom. The molecule has 1 atom stereocenters. The molecule has 0 aromatic heterocycles. The van der Waals surface area contributed by atoms with Crippen LogP contribution in [0.3, 0.4) is 0 Å². The predicted octanol–water partition coefficient (Wildman–Crippen LogP) is 1.83. The molecule has 1 unspecified atom stereocenters. The fraction of sp³-hybridized carbons (Fsp3) is 0.400. The number of halogens is 3. The van der Waals surface area contributed by atoms with E-state index in [1.807, 2.05) is 0 Å². The van der Waals surface area contributed by atoms with Crippen molar-refractivity contribution in [3.8, 4) is 0 Å². The number of aliphatic hydroxyl groups excluding tert-OH is 1. The van der Waals surface area contributed by atoms with Gasteiger partial charge in [-0.3, -0.25) is 0 Å². The van der Waals surface area contributed by atoms with Crippen molar-refractivity contribution < 1.29 is 13.9 Å².